The highest BCUT2D eigenvalue weighted by Gasteiger charge is 2.15. The molecule has 0 spiro atoms. The van der Waals surface area contributed by atoms with E-state index in [9.17, 15) is 4.79 Å². The predicted molar refractivity (Wildman–Crippen MR) is 101 cm³/mol. The van der Waals surface area contributed by atoms with E-state index in [1.165, 1.54) is 4.68 Å². The van der Waals surface area contributed by atoms with Gasteiger partial charge in [0.1, 0.15) is 11.4 Å². The molecule has 7 nitrogen and oxygen atoms in total. The second kappa shape index (κ2) is 8.37. The van der Waals surface area contributed by atoms with Gasteiger partial charge in [-0.25, -0.2) is 4.68 Å². The van der Waals surface area contributed by atoms with E-state index in [0.717, 1.165) is 16.7 Å². The van der Waals surface area contributed by atoms with Gasteiger partial charge in [0, 0.05) is 12.7 Å². The zero-order chi connectivity index (χ0) is 18.5. The molecule has 0 saturated heterocycles. The van der Waals surface area contributed by atoms with Gasteiger partial charge in [-0.05, 0) is 41.1 Å². The summed E-state index contributed by atoms with van der Waals surface area (Å²) in [5, 5.41) is 11.8. The molecule has 1 N–H and O–H groups in total. The number of hydrogen-bond acceptors (Lipinski definition) is 4. The predicted octanol–water partition coefficient (Wildman–Crippen LogP) is 3.48. The second-order valence-electron chi connectivity index (χ2n) is 5.36. The Balaban J connectivity index is 1.65. The molecular weight excluding hydrogens is 422 g/mol. The molecule has 9 heteroatoms. The lowest BCUT2D eigenvalue weighted by Crippen LogP contribution is -2.27. The number of benzene rings is 1. The first-order valence-corrected chi connectivity index (χ1v) is 9.14. The van der Waals surface area contributed by atoms with Gasteiger partial charge in [0.25, 0.3) is 5.91 Å². The number of halogens is 2. The minimum absolute atomic E-state index is 0.0794. The van der Waals surface area contributed by atoms with Crippen LogP contribution < -0.4 is 10.1 Å². The average Bonchev–Trinajstić information content (AvgIpc) is 3.25. The Morgan fingerprint density at radius 2 is 2.08 bits per heavy atom. The van der Waals surface area contributed by atoms with Gasteiger partial charge in [-0.1, -0.05) is 23.7 Å². The zero-order valence-electron chi connectivity index (χ0n) is 14.0. The summed E-state index contributed by atoms with van der Waals surface area (Å²) in [6, 6.07) is 8.78. The van der Waals surface area contributed by atoms with Crippen molar-refractivity contribution in [3.8, 4) is 5.75 Å². The van der Waals surface area contributed by atoms with Crippen molar-refractivity contribution in [3.05, 3.63) is 63.6 Å². The first-order valence-electron chi connectivity index (χ1n) is 7.97. The summed E-state index contributed by atoms with van der Waals surface area (Å²) in [7, 11) is 0. The molecule has 0 unspecified atom stereocenters. The number of para-hydroxylation sites is 1. The van der Waals surface area contributed by atoms with Crippen molar-refractivity contribution in [2.45, 2.75) is 26.7 Å². The van der Waals surface area contributed by atoms with E-state index in [4.69, 9.17) is 16.3 Å². The zero-order valence-corrected chi connectivity index (χ0v) is 16.4. The normalized spacial score (nSPS) is 10.7. The van der Waals surface area contributed by atoms with Crippen LogP contribution in [0.4, 0.5) is 0 Å². The van der Waals surface area contributed by atoms with Crippen molar-refractivity contribution < 1.29 is 9.53 Å². The summed E-state index contributed by atoms with van der Waals surface area (Å²) < 4.78 is 9.80. The number of aromatic nitrogens is 4. The molecule has 0 radical (unpaired) electrons. The topological polar surface area (TPSA) is 74.0 Å². The summed E-state index contributed by atoms with van der Waals surface area (Å²) in [6.45, 7) is 3.15. The van der Waals surface area contributed by atoms with Crippen LogP contribution in [0.5, 0.6) is 5.75 Å². The number of hydrogen-bond donors (Lipinski definition) is 1. The van der Waals surface area contributed by atoms with Gasteiger partial charge >= 0.3 is 0 Å². The third kappa shape index (κ3) is 4.08. The van der Waals surface area contributed by atoms with Gasteiger partial charge < -0.3 is 10.1 Å². The maximum atomic E-state index is 12.5. The highest BCUT2D eigenvalue weighted by Crippen LogP contribution is 2.23. The molecule has 0 atom stereocenters. The van der Waals surface area contributed by atoms with Crippen LogP contribution in [0.25, 0.3) is 0 Å². The van der Waals surface area contributed by atoms with Gasteiger partial charge in [-0.2, -0.15) is 10.2 Å². The molecule has 0 aliphatic carbocycles. The Labute approximate surface area is 164 Å². The summed E-state index contributed by atoms with van der Waals surface area (Å²) in [4.78, 5) is 12.5. The van der Waals surface area contributed by atoms with Crippen molar-refractivity contribution in [3.63, 3.8) is 0 Å². The molecule has 0 bridgehead atoms. The highest BCUT2D eigenvalue weighted by atomic mass is 79.9. The summed E-state index contributed by atoms with van der Waals surface area (Å²) in [5.74, 6) is 0.285. The maximum absolute atomic E-state index is 12.5. The Hall–Kier alpha value is -2.32. The molecular formula is C17H17BrClN5O2. The molecule has 26 heavy (non-hydrogen) atoms. The molecule has 0 aliphatic rings. The Morgan fingerprint density at radius 3 is 2.85 bits per heavy atom. The van der Waals surface area contributed by atoms with Crippen LogP contribution >= 0.6 is 27.5 Å². The quantitative estimate of drug-likeness (QED) is 0.613. The second-order valence-corrected chi connectivity index (χ2v) is 6.62. The lowest BCUT2D eigenvalue weighted by atomic mass is 10.3. The third-order valence-corrected chi connectivity index (χ3v) is 4.72. The maximum Gasteiger partial charge on any atom is 0.270 e. The number of nitrogens with one attached hydrogen (secondary N) is 1. The number of amides is 1. The fourth-order valence-corrected chi connectivity index (χ4v) is 3.04. The van der Waals surface area contributed by atoms with Crippen molar-refractivity contribution in [2.24, 2.45) is 0 Å². The van der Waals surface area contributed by atoms with E-state index >= 15 is 0 Å². The van der Waals surface area contributed by atoms with E-state index in [2.05, 4.69) is 31.4 Å². The van der Waals surface area contributed by atoms with Crippen LogP contribution in [0.2, 0.25) is 5.02 Å². The molecule has 3 aromatic rings. The molecule has 136 valence electrons. The van der Waals surface area contributed by atoms with Crippen LogP contribution in [0.1, 0.15) is 23.1 Å². The van der Waals surface area contributed by atoms with Crippen LogP contribution in [-0.2, 0) is 19.8 Å². The smallest absolute Gasteiger partial charge is 0.270 e. The number of nitrogens with zero attached hydrogens (tertiary/aromatic N) is 4. The van der Waals surface area contributed by atoms with E-state index in [0.29, 0.717) is 23.0 Å². The average molecular weight is 439 g/mol. The number of carbonyl (C=O) groups excluding carboxylic acids is 1. The van der Waals surface area contributed by atoms with Gasteiger partial charge in [-0.3, -0.25) is 9.48 Å². The number of carbonyl (C=O) groups is 1. The molecule has 2 aromatic heterocycles. The van der Waals surface area contributed by atoms with E-state index in [-0.39, 0.29) is 12.6 Å². The minimum atomic E-state index is -0.249. The lowest BCUT2D eigenvalue weighted by molar-refractivity contribution is 0.0928. The fourth-order valence-electron chi connectivity index (χ4n) is 2.41. The molecule has 0 fully saturated rings. The molecule has 0 aliphatic heterocycles. The highest BCUT2D eigenvalue weighted by molar-refractivity contribution is 9.10. The minimum Gasteiger partial charge on any atom is -0.470 e. The molecule has 1 aromatic carbocycles. The van der Waals surface area contributed by atoms with Crippen LogP contribution in [0.3, 0.4) is 0 Å². The fraction of sp³-hybridized carbons (Fsp3) is 0.235. The van der Waals surface area contributed by atoms with Crippen LogP contribution in [-0.4, -0.2) is 25.5 Å². The SMILES string of the molecule is CCn1ncc(Br)c1CNC(=O)c1ccnn1COc1ccccc1Cl. The molecule has 0 saturated carbocycles. The first kappa shape index (κ1) is 18.5. The van der Waals surface area contributed by atoms with Crippen molar-refractivity contribution in [2.75, 3.05) is 0 Å². The first-order chi connectivity index (χ1) is 12.6. The Bertz CT molecular complexity index is 908. The Morgan fingerprint density at radius 1 is 1.27 bits per heavy atom. The largest absolute Gasteiger partial charge is 0.470 e. The molecule has 1 amide bonds. The van der Waals surface area contributed by atoms with Gasteiger partial charge in [0.15, 0.2) is 6.73 Å². The number of rotatable bonds is 7. The van der Waals surface area contributed by atoms with Crippen molar-refractivity contribution in [1.82, 2.24) is 24.9 Å². The number of ether oxygens (including phenoxy) is 1. The van der Waals surface area contributed by atoms with Crippen molar-refractivity contribution in [1.29, 1.82) is 0 Å². The summed E-state index contributed by atoms with van der Waals surface area (Å²) in [5.41, 5.74) is 1.30. The lowest BCUT2D eigenvalue weighted by Gasteiger charge is -2.11. The standard InChI is InChI=1S/C17H17BrClN5O2/c1-2-23-15(12(18)9-22-23)10-20-17(25)14-7-8-21-24(14)11-26-16-6-4-3-5-13(16)19/h3-9H,2,10-11H2,1H3,(H,20,25). The monoisotopic (exact) mass is 437 g/mol. The van der Waals surface area contributed by atoms with Gasteiger partial charge in [0.2, 0.25) is 0 Å². The molecule has 3 rings (SSSR count). The third-order valence-electron chi connectivity index (χ3n) is 3.74. The summed E-state index contributed by atoms with van der Waals surface area (Å²) >= 11 is 9.51. The molecule has 2 heterocycles. The van der Waals surface area contributed by atoms with Crippen LogP contribution in [0.15, 0.2) is 47.2 Å². The Kier molecular flexibility index (Phi) is 5.95. The van der Waals surface area contributed by atoms with Gasteiger partial charge in [0.05, 0.1) is 27.9 Å². The van der Waals surface area contributed by atoms with E-state index < -0.39 is 0 Å². The van der Waals surface area contributed by atoms with Crippen LogP contribution in [0, 0.1) is 0 Å². The van der Waals surface area contributed by atoms with Crippen molar-refractivity contribution >= 4 is 33.4 Å². The number of aryl methyl sites for hydroxylation is 1. The summed E-state index contributed by atoms with van der Waals surface area (Å²) in [6.07, 6.45) is 3.27. The van der Waals surface area contributed by atoms with Gasteiger partial charge in [-0.15, -0.1) is 0 Å². The van der Waals surface area contributed by atoms with E-state index in [1.54, 1.807) is 30.6 Å². The van der Waals surface area contributed by atoms with E-state index in [1.807, 2.05) is 23.7 Å².